The first kappa shape index (κ1) is 19.1. The van der Waals surface area contributed by atoms with Crippen LogP contribution in [-0.4, -0.2) is 10.9 Å². The summed E-state index contributed by atoms with van der Waals surface area (Å²) in [6.07, 6.45) is 0. The molecule has 5 heteroatoms. The van der Waals surface area contributed by atoms with Crippen LogP contribution in [0.4, 0.5) is 10.1 Å². The van der Waals surface area contributed by atoms with Crippen LogP contribution < -0.4 is 5.32 Å². The third kappa shape index (κ3) is 3.59. The van der Waals surface area contributed by atoms with Gasteiger partial charge in [-0.25, -0.2) is 4.39 Å². The van der Waals surface area contributed by atoms with E-state index in [1.165, 1.54) is 6.07 Å². The number of fused-ring (bicyclic) bond motifs is 1. The van der Waals surface area contributed by atoms with Crippen molar-refractivity contribution < 1.29 is 9.18 Å². The van der Waals surface area contributed by atoms with Gasteiger partial charge in [-0.05, 0) is 49.7 Å². The number of hydrogen-bond donors (Lipinski definition) is 1. The third-order valence-electron chi connectivity index (χ3n) is 4.89. The molecular formula is C24H18ClFN2O. The Kier molecular flexibility index (Phi) is 5.03. The zero-order valence-electron chi connectivity index (χ0n) is 16.0. The van der Waals surface area contributed by atoms with Gasteiger partial charge in [0.05, 0.1) is 16.8 Å². The zero-order valence-corrected chi connectivity index (χ0v) is 16.7. The standard InChI is InChI=1S/C24H18ClFN2O/c1-14-7-3-6-10-20(14)28-24(29)22-15(2)27-21-12-11-16(25)13-18(21)23(22)17-8-4-5-9-19(17)26/h3-13H,1-2H3,(H,28,29). The van der Waals surface area contributed by atoms with E-state index in [4.69, 9.17) is 11.6 Å². The normalized spacial score (nSPS) is 10.9. The maximum Gasteiger partial charge on any atom is 0.258 e. The van der Waals surface area contributed by atoms with Gasteiger partial charge in [-0.2, -0.15) is 0 Å². The van der Waals surface area contributed by atoms with Crippen LogP contribution in [-0.2, 0) is 0 Å². The number of carbonyl (C=O) groups is 1. The van der Waals surface area contributed by atoms with Gasteiger partial charge in [0.1, 0.15) is 5.82 Å². The first-order valence-electron chi connectivity index (χ1n) is 9.17. The fourth-order valence-corrected chi connectivity index (χ4v) is 3.65. The summed E-state index contributed by atoms with van der Waals surface area (Å²) in [7, 11) is 0. The first-order chi connectivity index (χ1) is 14.0. The van der Waals surface area contributed by atoms with E-state index in [1.54, 1.807) is 43.3 Å². The fourth-order valence-electron chi connectivity index (χ4n) is 3.48. The molecule has 0 saturated heterocycles. The third-order valence-corrected chi connectivity index (χ3v) is 5.13. The van der Waals surface area contributed by atoms with Crippen molar-refractivity contribution in [2.75, 3.05) is 5.32 Å². The highest BCUT2D eigenvalue weighted by molar-refractivity contribution is 6.31. The van der Waals surface area contributed by atoms with Crippen molar-refractivity contribution >= 4 is 34.1 Å². The highest BCUT2D eigenvalue weighted by atomic mass is 35.5. The summed E-state index contributed by atoms with van der Waals surface area (Å²) >= 11 is 6.22. The minimum absolute atomic E-state index is 0.327. The van der Waals surface area contributed by atoms with Gasteiger partial charge in [-0.3, -0.25) is 9.78 Å². The van der Waals surface area contributed by atoms with E-state index in [9.17, 15) is 9.18 Å². The summed E-state index contributed by atoms with van der Waals surface area (Å²) in [6, 6.07) is 19.1. The molecule has 4 aromatic rings. The number of nitrogens with zero attached hydrogens (tertiary/aromatic N) is 1. The van der Waals surface area contributed by atoms with Crippen molar-refractivity contribution in [2.24, 2.45) is 0 Å². The SMILES string of the molecule is Cc1ccccc1NC(=O)c1c(C)nc2ccc(Cl)cc2c1-c1ccccc1F. The van der Waals surface area contributed by atoms with Gasteiger partial charge in [0.2, 0.25) is 0 Å². The minimum atomic E-state index is -0.413. The second-order valence-electron chi connectivity index (χ2n) is 6.86. The summed E-state index contributed by atoms with van der Waals surface area (Å²) in [6.45, 7) is 3.67. The molecule has 0 atom stereocenters. The molecule has 144 valence electrons. The maximum absolute atomic E-state index is 14.8. The van der Waals surface area contributed by atoms with Gasteiger partial charge in [0.15, 0.2) is 0 Å². The van der Waals surface area contributed by atoms with Gasteiger partial charge in [-0.1, -0.05) is 48.0 Å². The largest absolute Gasteiger partial charge is 0.322 e. The molecule has 0 bridgehead atoms. The number of aryl methyl sites for hydroxylation is 2. The van der Waals surface area contributed by atoms with Crippen molar-refractivity contribution in [2.45, 2.75) is 13.8 Å². The predicted molar refractivity (Wildman–Crippen MR) is 116 cm³/mol. The molecule has 0 aliphatic carbocycles. The topological polar surface area (TPSA) is 42.0 Å². The van der Waals surface area contributed by atoms with Gasteiger partial charge >= 0.3 is 0 Å². The maximum atomic E-state index is 14.8. The van der Waals surface area contributed by atoms with E-state index in [1.807, 2.05) is 31.2 Å². The lowest BCUT2D eigenvalue weighted by atomic mass is 9.93. The summed E-state index contributed by atoms with van der Waals surface area (Å²) in [4.78, 5) is 17.9. The highest BCUT2D eigenvalue weighted by Gasteiger charge is 2.23. The van der Waals surface area contributed by atoms with Crippen molar-refractivity contribution in [3.05, 3.63) is 94.4 Å². The van der Waals surface area contributed by atoms with Crippen LogP contribution in [0.5, 0.6) is 0 Å². The Morgan fingerprint density at radius 1 is 1.00 bits per heavy atom. The van der Waals surface area contributed by atoms with E-state index < -0.39 is 5.82 Å². The van der Waals surface area contributed by atoms with Gasteiger partial charge in [-0.15, -0.1) is 0 Å². The quantitative estimate of drug-likeness (QED) is 0.420. The number of rotatable bonds is 3. The van der Waals surface area contributed by atoms with Crippen LogP contribution >= 0.6 is 11.6 Å². The lowest BCUT2D eigenvalue weighted by Gasteiger charge is -2.17. The number of amides is 1. The Labute approximate surface area is 173 Å². The summed E-state index contributed by atoms with van der Waals surface area (Å²) in [5, 5.41) is 4.06. The van der Waals surface area contributed by atoms with Crippen molar-refractivity contribution in [1.29, 1.82) is 0 Å². The lowest BCUT2D eigenvalue weighted by molar-refractivity contribution is 0.102. The number of anilines is 1. The molecule has 0 fully saturated rings. The minimum Gasteiger partial charge on any atom is -0.322 e. The van der Waals surface area contributed by atoms with Gasteiger partial charge < -0.3 is 5.32 Å². The van der Waals surface area contributed by atoms with Crippen LogP contribution in [0.25, 0.3) is 22.0 Å². The Morgan fingerprint density at radius 2 is 1.72 bits per heavy atom. The average Bonchev–Trinajstić information content (AvgIpc) is 2.69. The molecule has 1 heterocycles. The molecule has 4 rings (SSSR count). The Bertz CT molecular complexity index is 1250. The van der Waals surface area contributed by atoms with Gasteiger partial charge in [0, 0.05) is 27.2 Å². The molecule has 0 radical (unpaired) electrons. The molecular weight excluding hydrogens is 387 g/mol. The smallest absolute Gasteiger partial charge is 0.258 e. The van der Waals surface area contributed by atoms with E-state index in [0.29, 0.717) is 44.0 Å². The van der Waals surface area contributed by atoms with Crippen LogP contribution in [0.3, 0.4) is 0 Å². The number of hydrogen-bond acceptors (Lipinski definition) is 2. The number of halogens is 2. The summed E-state index contributed by atoms with van der Waals surface area (Å²) in [5.74, 6) is -0.756. The highest BCUT2D eigenvalue weighted by Crippen LogP contribution is 2.36. The van der Waals surface area contributed by atoms with Crippen molar-refractivity contribution in [3.8, 4) is 11.1 Å². The first-order valence-corrected chi connectivity index (χ1v) is 9.55. The predicted octanol–water partition coefficient (Wildman–Crippen LogP) is 6.56. The van der Waals surface area contributed by atoms with E-state index in [2.05, 4.69) is 10.3 Å². The second-order valence-corrected chi connectivity index (χ2v) is 7.29. The van der Waals surface area contributed by atoms with Crippen LogP contribution in [0.2, 0.25) is 5.02 Å². The Hall–Kier alpha value is -3.24. The Morgan fingerprint density at radius 3 is 2.48 bits per heavy atom. The molecule has 3 aromatic carbocycles. The van der Waals surface area contributed by atoms with Crippen molar-refractivity contribution in [1.82, 2.24) is 4.98 Å². The van der Waals surface area contributed by atoms with Crippen molar-refractivity contribution in [3.63, 3.8) is 0 Å². The fraction of sp³-hybridized carbons (Fsp3) is 0.0833. The summed E-state index contributed by atoms with van der Waals surface area (Å²) in [5.41, 5.74) is 3.94. The lowest BCUT2D eigenvalue weighted by Crippen LogP contribution is -2.17. The molecule has 0 unspecified atom stereocenters. The number of pyridine rings is 1. The number of benzene rings is 3. The average molecular weight is 405 g/mol. The number of carbonyl (C=O) groups excluding carboxylic acids is 1. The molecule has 0 spiro atoms. The van der Waals surface area contributed by atoms with Gasteiger partial charge in [0.25, 0.3) is 5.91 Å². The van der Waals surface area contributed by atoms with Crippen LogP contribution in [0.15, 0.2) is 66.7 Å². The molecule has 0 aliphatic rings. The van der Waals surface area contributed by atoms with Crippen LogP contribution in [0, 0.1) is 19.7 Å². The summed E-state index contributed by atoms with van der Waals surface area (Å²) < 4.78 is 14.8. The number of para-hydroxylation sites is 1. The number of aromatic nitrogens is 1. The molecule has 29 heavy (non-hydrogen) atoms. The Balaban J connectivity index is 1.99. The van der Waals surface area contributed by atoms with E-state index in [-0.39, 0.29) is 5.91 Å². The molecule has 0 saturated carbocycles. The molecule has 1 amide bonds. The molecule has 1 N–H and O–H groups in total. The van der Waals surface area contributed by atoms with E-state index in [0.717, 1.165) is 5.56 Å². The molecule has 3 nitrogen and oxygen atoms in total. The van der Waals surface area contributed by atoms with E-state index >= 15 is 0 Å². The van der Waals surface area contributed by atoms with Crippen LogP contribution in [0.1, 0.15) is 21.6 Å². The number of nitrogens with one attached hydrogen (secondary N) is 1. The molecule has 1 aromatic heterocycles. The molecule has 0 aliphatic heterocycles. The zero-order chi connectivity index (χ0) is 20.5. The second kappa shape index (κ2) is 7.64. The monoisotopic (exact) mass is 404 g/mol.